The maximum atomic E-state index is 11.6. The molecule has 3 heterocycles. The number of carboxylic acid groups (broad SMARTS) is 1. The Hall–Kier alpha value is -3.46. The Morgan fingerprint density at radius 1 is 1.11 bits per heavy atom. The Kier molecular flexibility index (Phi) is 10.3. The zero-order valence-corrected chi connectivity index (χ0v) is 28.2. The summed E-state index contributed by atoms with van der Waals surface area (Å²) in [4.78, 5) is 27.2. The van der Waals surface area contributed by atoms with E-state index in [1.807, 2.05) is 17.9 Å². The van der Waals surface area contributed by atoms with Crippen LogP contribution in [0.25, 0.3) is 0 Å². The van der Waals surface area contributed by atoms with E-state index in [-0.39, 0.29) is 18.0 Å². The van der Waals surface area contributed by atoms with Crippen LogP contribution in [0.1, 0.15) is 99.6 Å². The van der Waals surface area contributed by atoms with Crippen LogP contribution < -0.4 is 10.2 Å². The van der Waals surface area contributed by atoms with Crippen molar-refractivity contribution in [2.75, 3.05) is 36.9 Å². The molecule has 3 aromatic rings. The lowest BCUT2D eigenvalue weighted by Gasteiger charge is -2.38. The van der Waals surface area contributed by atoms with E-state index in [9.17, 15) is 9.90 Å². The van der Waals surface area contributed by atoms with Gasteiger partial charge in [0, 0.05) is 50.6 Å². The van der Waals surface area contributed by atoms with Crippen LogP contribution in [0.3, 0.4) is 0 Å². The second-order valence-corrected chi connectivity index (χ2v) is 14.3. The van der Waals surface area contributed by atoms with E-state index in [2.05, 4.69) is 77.6 Å². The first-order valence-electron chi connectivity index (χ1n) is 17.7. The standard InChI is InChI=1S/C37H53N7O2/c1-5-34(27-13-15-28(16-14-27)36(45)46)43(4)37-40-32-18-17-29(26-11-7-6-8-12-26)20-31(32)35(41-37)39-33(30-21-38-42(3)23-30)24-44-19-9-10-25(2)22-44/h6-8,11-12,21,23,25,27-29,33-34H,5,9-10,13-20,22,24H2,1-4H3,(H,45,46)(H,39,40,41)/t25-,27?,28?,29-,33+,34-/m1/s1. The van der Waals surface area contributed by atoms with Gasteiger partial charge in [-0.1, -0.05) is 44.2 Å². The van der Waals surface area contributed by atoms with Crippen molar-refractivity contribution >= 4 is 17.7 Å². The third-order valence-electron chi connectivity index (χ3n) is 11.0. The van der Waals surface area contributed by atoms with E-state index in [4.69, 9.17) is 9.97 Å². The second kappa shape index (κ2) is 14.5. The molecule has 1 saturated carbocycles. The molecule has 1 saturated heterocycles. The van der Waals surface area contributed by atoms with Crippen molar-refractivity contribution in [3.8, 4) is 0 Å². The first-order valence-corrected chi connectivity index (χ1v) is 17.7. The first kappa shape index (κ1) is 32.5. The molecule has 0 radical (unpaired) electrons. The van der Waals surface area contributed by atoms with Crippen LogP contribution in [0.2, 0.25) is 0 Å². The molecule has 248 valence electrons. The van der Waals surface area contributed by atoms with Crippen molar-refractivity contribution in [2.24, 2.45) is 24.8 Å². The molecule has 3 aliphatic rings. The van der Waals surface area contributed by atoms with Crippen molar-refractivity contribution < 1.29 is 9.90 Å². The maximum absolute atomic E-state index is 11.6. The highest BCUT2D eigenvalue weighted by Crippen LogP contribution is 2.39. The SMILES string of the molecule is CC[C@H](C1CCC(C(=O)O)CC1)N(C)c1nc2c(c(N[C@@H](CN3CCC[C@@H](C)C3)c3cnn(C)c3)n1)C[C@H](c1ccccc1)CC2. The minimum absolute atomic E-state index is 0.0570. The fourth-order valence-corrected chi connectivity index (χ4v) is 8.44. The molecule has 2 N–H and O–H groups in total. The lowest BCUT2D eigenvalue weighted by molar-refractivity contribution is -0.143. The number of hydrogen-bond donors (Lipinski definition) is 2. The fraction of sp³-hybridized carbons (Fsp3) is 0.622. The summed E-state index contributed by atoms with van der Waals surface area (Å²) < 4.78 is 1.90. The highest BCUT2D eigenvalue weighted by molar-refractivity contribution is 5.70. The van der Waals surface area contributed by atoms with Gasteiger partial charge in [-0.3, -0.25) is 9.48 Å². The number of hydrogen-bond acceptors (Lipinski definition) is 7. The highest BCUT2D eigenvalue weighted by atomic mass is 16.4. The summed E-state index contributed by atoms with van der Waals surface area (Å²) >= 11 is 0. The molecule has 0 bridgehead atoms. The Balaban J connectivity index is 1.33. The quantitative estimate of drug-likeness (QED) is 0.250. The van der Waals surface area contributed by atoms with Crippen LogP contribution in [-0.4, -0.2) is 68.4 Å². The minimum Gasteiger partial charge on any atom is -0.481 e. The lowest BCUT2D eigenvalue weighted by atomic mass is 9.77. The number of nitrogens with one attached hydrogen (secondary N) is 1. The van der Waals surface area contributed by atoms with Crippen molar-refractivity contribution in [1.82, 2.24) is 24.6 Å². The number of fused-ring (bicyclic) bond motifs is 1. The number of carboxylic acids is 1. The molecule has 2 aromatic heterocycles. The molecule has 2 fully saturated rings. The molecule has 1 aromatic carbocycles. The van der Waals surface area contributed by atoms with E-state index in [1.165, 1.54) is 29.5 Å². The summed E-state index contributed by atoms with van der Waals surface area (Å²) in [6.07, 6.45) is 14.0. The summed E-state index contributed by atoms with van der Waals surface area (Å²) in [6.45, 7) is 7.75. The lowest BCUT2D eigenvalue weighted by Crippen LogP contribution is -2.41. The Morgan fingerprint density at radius 3 is 2.57 bits per heavy atom. The Bertz CT molecular complexity index is 1450. The molecule has 9 heteroatoms. The topological polar surface area (TPSA) is 99.4 Å². The molecule has 0 spiro atoms. The van der Waals surface area contributed by atoms with Gasteiger partial charge in [-0.15, -0.1) is 0 Å². The van der Waals surface area contributed by atoms with E-state index < -0.39 is 5.97 Å². The average molecular weight is 628 g/mol. The number of aryl methyl sites for hydroxylation is 2. The number of piperidine rings is 1. The summed E-state index contributed by atoms with van der Waals surface area (Å²) in [5.74, 6) is 2.46. The van der Waals surface area contributed by atoms with E-state index >= 15 is 0 Å². The van der Waals surface area contributed by atoms with Gasteiger partial charge in [-0.25, -0.2) is 4.98 Å². The van der Waals surface area contributed by atoms with Gasteiger partial charge in [0.25, 0.3) is 0 Å². The third-order valence-corrected chi connectivity index (χ3v) is 11.0. The van der Waals surface area contributed by atoms with E-state index in [1.54, 1.807) is 0 Å². The van der Waals surface area contributed by atoms with Gasteiger partial charge in [0.15, 0.2) is 0 Å². The van der Waals surface area contributed by atoms with Gasteiger partial charge in [0.05, 0.1) is 23.9 Å². The van der Waals surface area contributed by atoms with Gasteiger partial charge in [-0.05, 0) is 94.1 Å². The van der Waals surface area contributed by atoms with Gasteiger partial charge in [-0.2, -0.15) is 10.1 Å². The highest BCUT2D eigenvalue weighted by Gasteiger charge is 2.34. The van der Waals surface area contributed by atoms with Crippen LogP contribution in [0.5, 0.6) is 0 Å². The molecular formula is C37H53N7O2. The van der Waals surface area contributed by atoms with Gasteiger partial charge in [0.1, 0.15) is 5.82 Å². The van der Waals surface area contributed by atoms with Crippen molar-refractivity contribution in [2.45, 2.75) is 96.1 Å². The van der Waals surface area contributed by atoms with Crippen molar-refractivity contribution in [3.05, 3.63) is 65.1 Å². The summed E-state index contributed by atoms with van der Waals surface area (Å²) in [5.41, 5.74) is 4.97. The van der Waals surface area contributed by atoms with Crippen LogP contribution in [-0.2, 0) is 24.7 Å². The normalized spacial score (nSPS) is 25.0. The van der Waals surface area contributed by atoms with Crippen molar-refractivity contribution in [3.63, 3.8) is 0 Å². The number of rotatable bonds is 11. The Morgan fingerprint density at radius 2 is 1.89 bits per heavy atom. The number of nitrogens with zero attached hydrogens (tertiary/aromatic N) is 6. The molecule has 1 aliphatic heterocycles. The first-order chi connectivity index (χ1) is 22.3. The smallest absolute Gasteiger partial charge is 0.306 e. The summed E-state index contributed by atoms with van der Waals surface area (Å²) in [5, 5.41) is 18.1. The fourth-order valence-electron chi connectivity index (χ4n) is 8.44. The zero-order valence-electron chi connectivity index (χ0n) is 28.2. The largest absolute Gasteiger partial charge is 0.481 e. The van der Waals surface area contributed by atoms with Gasteiger partial charge >= 0.3 is 5.97 Å². The molecule has 9 nitrogen and oxygen atoms in total. The van der Waals surface area contributed by atoms with Gasteiger partial charge in [0.2, 0.25) is 5.95 Å². The average Bonchev–Trinajstić information content (AvgIpc) is 3.51. The van der Waals surface area contributed by atoms with Crippen LogP contribution in [0.4, 0.5) is 11.8 Å². The van der Waals surface area contributed by atoms with Crippen LogP contribution in [0.15, 0.2) is 42.7 Å². The van der Waals surface area contributed by atoms with E-state index in [0.717, 1.165) is 88.5 Å². The van der Waals surface area contributed by atoms with Crippen molar-refractivity contribution in [1.29, 1.82) is 0 Å². The number of benzene rings is 1. The summed E-state index contributed by atoms with van der Waals surface area (Å²) in [6, 6.07) is 11.2. The maximum Gasteiger partial charge on any atom is 0.306 e. The molecule has 2 aliphatic carbocycles. The zero-order chi connectivity index (χ0) is 32.2. The predicted molar refractivity (Wildman–Crippen MR) is 183 cm³/mol. The number of likely N-dealkylation sites (tertiary alicyclic amines) is 1. The van der Waals surface area contributed by atoms with Gasteiger partial charge < -0.3 is 20.2 Å². The molecular weight excluding hydrogens is 574 g/mol. The van der Waals surface area contributed by atoms with E-state index in [0.29, 0.717) is 17.8 Å². The Labute approximate surface area is 274 Å². The molecule has 0 amide bonds. The molecule has 46 heavy (non-hydrogen) atoms. The second-order valence-electron chi connectivity index (χ2n) is 14.3. The summed E-state index contributed by atoms with van der Waals surface area (Å²) in [7, 11) is 4.13. The minimum atomic E-state index is -0.649. The number of anilines is 2. The van der Waals surface area contributed by atoms with Crippen LogP contribution in [0, 0.1) is 17.8 Å². The molecule has 4 atom stereocenters. The molecule has 6 rings (SSSR count). The van der Waals surface area contributed by atoms with Crippen LogP contribution >= 0.6 is 0 Å². The number of aromatic nitrogens is 4. The number of carbonyl (C=O) groups is 1. The molecule has 0 unspecified atom stereocenters. The third kappa shape index (κ3) is 7.40. The number of aliphatic carboxylic acids is 1. The predicted octanol–water partition coefficient (Wildman–Crippen LogP) is 6.47. The monoisotopic (exact) mass is 627 g/mol.